The van der Waals surface area contributed by atoms with Crippen molar-refractivity contribution in [2.75, 3.05) is 24.7 Å². The van der Waals surface area contributed by atoms with Gasteiger partial charge in [0.05, 0.1) is 6.42 Å². The van der Waals surface area contributed by atoms with Crippen LogP contribution in [0.1, 0.15) is 213 Å². The van der Waals surface area contributed by atoms with Crippen LogP contribution in [0, 0.1) is 0 Å². The highest BCUT2D eigenvalue weighted by Crippen LogP contribution is 2.16. The quantitative estimate of drug-likeness (QED) is 0.0483. The standard InChI is InChI=1S/C41H79NO6S/c1-3-5-7-9-11-13-15-17-18-19-21-23-25-27-29-31-34-42-41(46)47-36-38(37-49-35-33-39(43)44)48-40(45)32-30-28-26-24-22-20-16-14-12-10-8-6-4-2/h38H,3-37H2,1-2H3,(H,42,46)(H,43,44). The monoisotopic (exact) mass is 714 g/mol. The summed E-state index contributed by atoms with van der Waals surface area (Å²) >= 11 is 1.40. The first kappa shape index (κ1) is 47.6. The van der Waals surface area contributed by atoms with E-state index in [0.29, 0.717) is 24.5 Å². The Morgan fingerprint density at radius 1 is 0.551 bits per heavy atom. The number of hydrogen-bond acceptors (Lipinski definition) is 6. The summed E-state index contributed by atoms with van der Waals surface area (Å²) in [6.07, 6.45) is 36.6. The number of carboxylic acid groups (broad SMARTS) is 1. The van der Waals surface area contributed by atoms with Gasteiger partial charge >= 0.3 is 18.0 Å². The number of thioether (sulfide) groups is 1. The largest absolute Gasteiger partial charge is 0.481 e. The summed E-state index contributed by atoms with van der Waals surface area (Å²) < 4.78 is 11.0. The molecule has 0 aliphatic carbocycles. The third kappa shape index (κ3) is 39.2. The molecule has 0 aliphatic rings. The van der Waals surface area contributed by atoms with Gasteiger partial charge in [-0.1, -0.05) is 187 Å². The molecule has 0 aromatic carbocycles. The number of ether oxygens (including phenoxy) is 2. The van der Waals surface area contributed by atoms with Gasteiger partial charge in [-0.05, 0) is 12.8 Å². The van der Waals surface area contributed by atoms with Crippen molar-refractivity contribution >= 4 is 29.8 Å². The first-order valence-corrected chi connectivity index (χ1v) is 22.0. The fourth-order valence-electron chi connectivity index (χ4n) is 6.11. The van der Waals surface area contributed by atoms with E-state index in [1.807, 2.05) is 0 Å². The maximum absolute atomic E-state index is 12.5. The average molecular weight is 714 g/mol. The van der Waals surface area contributed by atoms with Crippen molar-refractivity contribution in [3.05, 3.63) is 0 Å². The molecule has 2 N–H and O–H groups in total. The van der Waals surface area contributed by atoms with Gasteiger partial charge in [-0.15, -0.1) is 0 Å². The SMILES string of the molecule is CCCCCCCCCCCCCCCCCCNC(=O)OCC(CSCCC(=O)O)OC(=O)CCCCCCCCCCCCCCC. The lowest BCUT2D eigenvalue weighted by Gasteiger charge is -2.18. The Bertz CT molecular complexity index is 737. The molecule has 0 radical (unpaired) electrons. The Balaban J connectivity index is 3.90. The van der Waals surface area contributed by atoms with E-state index in [9.17, 15) is 14.4 Å². The van der Waals surface area contributed by atoms with Gasteiger partial charge in [-0.3, -0.25) is 9.59 Å². The normalized spacial score (nSPS) is 11.8. The molecular weight excluding hydrogens is 635 g/mol. The molecule has 1 atom stereocenters. The highest BCUT2D eigenvalue weighted by molar-refractivity contribution is 7.99. The van der Waals surface area contributed by atoms with Gasteiger partial charge in [0.2, 0.25) is 0 Å². The van der Waals surface area contributed by atoms with Crippen LogP contribution in [0.3, 0.4) is 0 Å². The van der Waals surface area contributed by atoms with Gasteiger partial charge in [-0.2, -0.15) is 11.8 Å². The zero-order valence-electron chi connectivity index (χ0n) is 32.2. The number of carbonyl (C=O) groups is 3. The van der Waals surface area contributed by atoms with Crippen LogP contribution >= 0.6 is 11.8 Å². The summed E-state index contributed by atoms with van der Waals surface area (Å²) in [6, 6.07) is 0. The number of amides is 1. The first-order valence-electron chi connectivity index (χ1n) is 20.9. The number of nitrogens with one attached hydrogen (secondary N) is 1. The van der Waals surface area contributed by atoms with Gasteiger partial charge in [0.25, 0.3) is 0 Å². The summed E-state index contributed by atoms with van der Waals surface area (Å²) in [5.74, 6) is -0.296. The van der Waals surface area contributed by atoms with Crippen molar-refractivity contribution in [3.8, 4) is 0 Å². The second-order valence-corrected chi connectivity index (χ2v) is 15.3. The molecule has 0 bridgehead atoms. The zero-order chi connectivity index (χ0) is 35.9. The molecule has 0 rings (SSSR count). The van der Waals surface area contributed by atoms with Crippen molar-refractivity contribution in [2.45, 2.75) is 219 Å². The molecule has 49 heavy (non-hydrogen) atoms. The van der Waals surface area contributed by atoms with E-state index < -0.39 is 18.2 Å². The zero-order valence-corrected chi connectivity index (χ0v) is 33.0. The lowest BCUT2D eigenvalue weighted by atomic mass is 10.0. The lowest BCUT2D eigenvalue weighted by molar-refractivity contribution is -0.150. The van der Waals surface area contributed by atoms with Gasteiger partial charge in [0.15, 0.2) is 0 Å². The fraction of sp³-hybridized carbons (Fsp3) is 0.927. The first-order chi connectivity index (χ1) is 24.0. The Morgan fingerprint density at radius 3 is 1.35 bits per heavy atom. The number of carbonyl (C=O) groups excluding carboxylic acids is 2. The maximum Gasteiger partial charge on any atom is 0.407 e. The van der Waals surface area contributed by atoms with Crippen LogP contribution in [0.2, 0.25) is 0 Å². The van der Waals surface area contributed by atoms with Crippen LogP contribution in [0.4, 0.5) is 4.79 Å². The van der Waals surface area contributed by atoms with Gasteiger partial charge in [0, 0.05) is 24.5 Å². The highest BCUT2D eigenvalue weighted by Gasteiger charge is 2.17. The number of esters is 1. The molecule has 0 saturated carbocycles. The molecule has 0 heterocycles. The van der Waals surface area contributed by atoms with Crippen LogP contribution in [0.5, 0.6) is 0 Å². The van der Waals surface area contributed by atoms with E-state index in [2.05, 4.69) is 19.2 Å². The van der Waals surface area contributed by atoms with E-state index in [4.69, 9.17) is 14.6 Å². The Kier molecular flexibility index (Phi) is 38.2. The molecular formula is C41H79NO6S. The van der Waals surface area contributed by atoms with Crippen molar-refractivity contribution in [1.82, 2.24) is 5.32 Å². The van der Waals surface area contributed by atoms with E-state index in [1.165, 1.54) is 166 Å². The summed E-state index contributed by atoms with van der Waals surface area (Å²) in [5, 5.41) is 11.7. The van der Waals surface area contributed by atoms with Gasteiger partial charge in [0.1, 0.15) is 12.7 Å². The average Bonchev–Trinajstić information content (AvgIpc) is 3.08. The molecule has 1 unspecified atom stereocenters. The van der Waals surface area contributed by atoms with Gasteiger partial charge < -0.3 is 19.9 Å². The number of rotatable bonds is 39. The summed E-state index contributed by atoms with van der Waals surface area (Å²) in [4.78, 5) is 35.6. The molecule has 0 spiro atoms. The molecule has 1 amide bonds. The maximum atomic E-state index is 12.5. The second-order valence-electron chi connectivity index (χ2n) is 14.2. The number of alkyl carbamates (subject to hydrolysis) is 1. The van der Waals surface area contributed by atoms with Crippen LogP contribution in [0.25, 0.3) is 0 Å². The van der Waals surface area contributed by atoms with Crippen LogP contribution in [0.15, 0.2) is 0 Å². The smallest absolute Gasteiger partial charge is 0.407 e. The molecule has 7 nitrogen and oxygen atoms in total. The third-order valence-electron chi connectivity index (χ3n) is 9.25. The van der Waals surface area contributed by atoms with E-state index in [-0.39, 0.29) is 19.0 Å². The van der Waals surface area contributed by atoms with Crippen LogP contribution in [-0.4, -0.2) is 53.9 Å². The minimum atomic E-state index is -0.854. The lowest BCUT2D eigenvalue weighted by Crippen LogP contribution is -2.32. The predicted molar refractivity (Wildman–Crippen MR) is 209 cm³/mol. The molecule has 0 saturated heterocycles. The molecule has 0 aliphatic heterocycles. The van der Waals surface area contributed by atoms with Crippen LogP contribution in [-0.2, 0) is 19.1 Å². The molecule has 0 aromatic rings. The topological polar surface area (TPSA) is 102 Å². The van der Waals surface area contributed by atoms with Gasteiger partial charge in [-0.25, -0.2) is 4.79 Å². The summed E-state index contributed by atoms with van der Waals surface area (Å²) in [5.41, 5.74) is 0. The fourth-order valence-corrected chi connectivity index (χ4v) is 7.02. The van der Waals surface area contributed by atoms with E-state index in [1.54, 1.807) is 0 Å². The molecule has 290 valence electrons. The van der Waals surface area contributed by atoms with Crippen molar-refractivity contribution in [2.24, 2.45) is 0 Å². The summed E-state index contributed by atoms with van der Waals surface area (Å²) in [7, 11) is 0. The molecule has 8 heteroatoms. The number of aliphatic carboxylic acids is 1. The van der Waals surface area contributed by atoms with Crippen molar-refractivity contribution in [1.29, 1.82) is 0 Å². The minimum absolute atomic E-state index is 0.0186. The number of hydrogen-bond donors (Lipinski definition) is 2. The third-order valence-corrected chi connectivity index (χ3v) is 10.3. The number of unbranched alkanes of at least 4 members (excludes halogenated alkanes) is 27. The van der Waals surface area contributed by atoms with Crippen molar-refractivity contribution < 1.29 is 29.0 Å². The second kappa shape index (κ2) is 39.3. The Labute approximate surface area is 307 Å². The number of carboxylic acids is 1. The van der Waals surface area contributed by atoms with E-state index >= 15 is 0 Å². The molecule has 0 fully saturated rings. The Morgan fingerprint density at radius 2 is 0.939 bits per heavy atom. The predicted octanol–water partition coefficient (Wildman–Crippen LogP) is 12.6. The van der Waals surface area contributed by atoms with E-state index in [0.717, 1.165) is 32.1 Å². The summed E-state index contributed by atoms with van der Waals surface area (Å²) in [6.45, 7) is 5.09. The Hall–Kier alpha value is -1.44. The minimum Gasteiger partial charge on any atom is -0.481 e. The molecule has 0 aromatic heterocycles. The van der Waals surface area contributed by atoms with Crippen molar-refractivity contribution in [3.63, 3.8) is 0 Å². The highest BCUT2D eigenvalue weighted by atomic mass is 32.2. The van der Waals surface area contributed by atoms with Crippen LogP contribution < -0.4 is 5.32 Å².